The fraction of sp³-hybridized carbons (Fsp3) is 0.0625. The number of hydrogen-bond acceptors (Lipinski definition) is 6. The molecule has 1 heterocycles. The van der Waals surface area contributed by atoms with Gasteiger partial charge >= 0.3 is 5.97 Å². The van der Waals surface area contributed by atoms with Crippen molar-refractivity contribution in [2.45, 2.75) is 10.1 Å². The second-order valence-electron chi connectivity index (χ2n) is 5.32. The van der Waals surface area contributed by atoms with Crippen molar-refractivity contribution in [3.05, 3.63) is 64.4 Å². The number of carbonyl (C=O) groups is 1. The molecule has 3 aromatic rings. The number of sulfonamides is 1. The first-order chi connectivity index (χ1) is 12.3. The smallest absolute Gasteiger partial charge is 0.336 e. The summed E-state index contributed by atoms with van der Waals surface area (Å²) < 4.78 is 24.1. The number of carboxylic acid groups (broad SMARTS) is 1. The standard InChI is InChI=1S/C16H13N3O5S2/c1-26(23,24)18-19-14(20)10-6-2-4-8-12(10)17-16(19)25-13-9-5-3-7-11(13)15(21)22/h2-9,18H,1H3,(H,21,22). The van der Waals surface area contributed by atoms with Gasteiger partial charge in [0.25, 0.3) is 5.56 Å². The van der Waals surface area contributed by atoms with Gasteiger partial charge in [0.2, 0.25) is 10.0 Å². The summed E-state index contributed by atoms with van der Waals surface area (Å²) in [6.45, 7) is 0. The number of nitrogens with one attached hydrogen (secondary N) is 1. The Balaban J connectivity index is 2.23. The van der Waals surface area contributed by atoms with Crippen LogP contribution in [0, 0.1) is 0 Å². The van der Waals surface area contributed by atoms with Crippen LogP contribution in [0.1, 0.15) is 10.4 Å². The van der Waals surface area contributed by atoms with E-state index in [0.717, 1.165) is 22.7 Å². The molecule has 0 saturated carbocycles. The third-order valence-electron chi connectivity index (χ3n) is 3.32. The molecule has 3 rings (SSSR count). The molecule has 0 fully saturated rings. The lowest BCUT2D eigenvalue weighted by molar-refractivity contribution is 0.0693. The van der Waals surface area contributed by atoms with Gasteiger partial charge < -0.3 is 5.11 Å². The van der Waals surface area contributed by atoms with Gasteiger partial charge in [0.15, 0.2) is 5.16 Å². The maximum absolute atomic E-state index is 12.7. The summed E-state index contributed by atoms with van der Waals surface area (Å²) in [6, 6.07) is 12.7. The zero-order valence-corrected chi connectivity index (χ0v) is 15.0. The molecule has 0 aliphatic heterocycles. The minimum Gasteiger partial charge on any atom is -0.478 e. The molecule has 10 heteroatoms. The van der Waals surface area contributed by atoms with Crippen LogP contribution < -0.4 is 10.4 Å². The lowest BCUT2D eigenvalue weighted by Crippen LogP contribution is -2.34. The van der Waals surface area contributed by atoms with Crippen LogP contribution >= 0.6 is 11.8 Å². The Morgan fingerprint density at radius 2 is 1.81 bits per heavy atom. The summed E-state index contributed by atoms with van der Waals surface area (Å²) in [6.07, 6.45) is 0.911. The number of carboxylic acids is 1. The number of hydrogen-bond donors (Lipinski definition) is 2. The minimum atomic E-state index is -3.77. The molecule has 8 nitrogen and oxygen atoms in total. The maximum Gasteiger partial charge on any atom is 0.336 e. The topological polar surface area (TPSA) is 118 Å². The summed E-state index contributed by atoms with van der Waals surface area (Å²) in [4.78, 5) is 30.9. The fourth-order valence-electron chi connectivity index (χ4n) is 2.26. The van der Waals surface area contributed by atoms with Crippen LogP contribution in [0.15, 0.2) is 63.4 Å². The number of para-hydroxylation sites is 1. The molecule has 0 unspecified atom stereocenters. The van der Waals surface area contributed by atoms with Crippen LogP contribution in [0.25, 0.3) is 10.9 Å². The van der Waals surface area contributed by atoms with E-state index in [4.69, 9.17) is 0 Å². The van der Waals surface area contributed by atoms with E-state index in [1.165, 1.54) is 12.1 Å². The Morgan fingerprint density at radius 1 is 1.15 bits per heavy atom. The van der Waals surface area contributed by atoms with Crippen molar-refractivity contribution in [2.75, 3.05) is 11.1 Å². The first-order valence-electron chi connectivity index (χ1n) is 7.26. The highest BCUT2D eigenvalue weighted by molar-refractivity contribution is 7.99. The fourth-order valence-corrected chi connectivity index (χ4v) is 3.79. The van der Waals surface area contributed by atoms with E-state index in [1.807, 2.05) is 0 Å². The van der Waals surface area contributed by atoms with E-state index >= 15 is 0 Å². The Morgan fingerprint density at radius 3 is 2.50 bits per heavy atom. The van der Waals surface area contributed by atoms with Crippen LogP contribution in [0.3, 0.4) is 0 Å². The third-order valence-corrected chi connectivity index (χ3v) is 4.87. The van der Waals surface area contributed by atoms with Gasteiger partial charge in [-0.1, -0.05) is 24.3 Å². The zero-order valence-electron chi connectivity index (χ0n) is 13.4. The second kappa shape index (κ2) is 6.81. The highest BCUT2D eigenvalue weighted by Gasteiger charge is 2.18. The number of aromatic nitrogens is 2. The Kier molecular flexibility index (Phi) is 4.70. The molecule has 0 aliphatic rings. The summed E-state index contributed by atoms with van der Waals surface area (Å²) in [5, 5.41) is 9.55. The summed E-state index contributed by atoms with van der Waals surface area (Å²) in [5.41, 5.74) is -0.207. The first-order valence-corrected chi connectivity index (χ1v) is 9.97. The van der Waals surface area contributed by atoms with E-state index in [9.17, 15) is 23.1 Å². The molecule has 0 amide bonds. The molecule has 1 aromatic heterocycles. The molecule has 0 aliphatic carbocycles. The molecule has 0 atom stereocenters. The number of rotatable bonds is 5. The van der Waals surface area contributed by atoms with Crippen molar-refractivity contribution in [1.29, 1.82) is 0 Å². The average Bonchev–Trinajstić information content (AvgIpc) is 2.58. The number of benzene rings is 2. The number of aromatic carboxylic acids is 1. The van der Waals surface area contributed by atoms with Gasteiger partial charge in [-0.2, -0.15) is 4.68 Å². The second-order valence-corrected chi connectivity index (χ2v) is 8.05. The SMILES string of the molecule is CS(=O)(=O)Nn1c(Sc2ccccc2C(=O)O)nc2ccccc2c1=O. The van der Waals surface area contributed by atoms with Gasteiger partial charge in [-0.3, -0.25) is 4.79 Å². The largest absolute Gasteiger partial charge is 0.478 e. The quantitative estimate of drug-likeness (QED) is 0.636. The van der Waals surface area contributed by atoms with Crippen molar-refractivity contribution in [1.82, 2.24) is 9.66 Å². The van der Waals surface area contributed by atoms with E-state index in [0.29, 0.717) is 10.4 Å². The molecule has 2 aromatic carbocycles. The number of nitrogens with zero attached hydrogens (tertiary/aromatic N) is 2. The number of fused-ring (bicyclic) bond motifs is 1. The zero-order chi connectivity index (χ0) is 18.9. The van der Waals surface area contributed by atoms with Crippen LogP contribution in [0.4, 0.5) is 0 Å². The molecule has 0 bridgehead atoms. The van der Waals surface area contributed by atoms with Gasteiger partial charge in [0.1, 0.15) is 0 Å². The van der Waals surface area contributed by atoms with Crippen LogP contribution in [-0.4, -0.2) is 35.4 Å². The molecule has 26 heavy (non-hydrogen) atoms. The molecule has 134 valence electrons. The third kappa shape index (κ3) is 3.70. The molecule has 2 N–H and O–H groups in total. The van der Waals surface area contributed by atoms with E-state index in [-0.39, 0.29) is 16.1 Å². The minimum absolute atomic E-state index is 0.00725. The monoisotopic (exact) mass is 391 g/mol. The Hall–Kier alpha value is -2.85. The summed E-state index contributed by atoms with van der Waals surface area (Å²) >= 11 is 0.883. The average molecular weight is 391 g/mol. The lowest BCUT2D eigenvalue weighted by Gasteiger charge is -2.14. The Bertz CT molecular complexity index is 1170. The first kappa shape index (κ1) is 18.0. The summed E-state index contributed by atoms with van der Waals surface area (Å²) in [7, 11) is -3.77. The Labute approximate surface area is 152 Å². The predicted octanol–water partition coefficient (Wildman–Crippen LogP) is 1.75. The summed E-state index contributed by atoms with van der Waals surface area (Å²) in [5.74, 6) is -1.14. The van der Waals surface area contributed by atoms with Crippen molar-refractivity contribution in [3.8, 4) is 0 Å². The van der Waals surface area contributed by atoms with Crippen LogP contribution in [0.5, 0.6) is 0 Å². The highest BCUT2D eigenvalue weighted by atomic mass is 32.2. The van der Waals surface area contributed by atoms with Crippen molar-refractivity contribution < 1.29 is 18.3 Å². The van der Waals surface area contributed by atoms with Crippen molar-refractivity contribution in [3.63, 3.8) is 0 Å². The van der Waals surface area contributed by atoms with Crippen molar-refractivity contribution in [2.24, 2.45) is 0 Å². The van der Waals surface area contributed by atoms with Gasteiger partial charge in [-0.05, 0) is 36.0 Å². The van der Waals surface area contributed by atoms with E-state index < -0.39 is 21.6 Å². The molecular weight excluding hydrogens is 378 g/mol. The molecule has 0 radical (unpaired) electrons. The molecule has 0 saturated heterocycles. The highest BCUT2D eigenvalue weighted by Crippen LogP contribution is 2.29. The molecular formula is C16H13N3O5S2. The van der Waals surface area contributed by atoms with Gasteiger partial charge in [0, 0.05) is 4.90 Å². The van der Waals surface area contributed by atoms with Gasteiger partial charge in [-0.25, -0.2) is 23.0 Å². The maximum atomic E-state index is 12.7. The van der Waals surface area contributed by atoms with Crippen LogP contribution in [-0.2, 0) is 10.0 Å². The van der Waals surface area contributed by atoms with Crippen molar-refractivity contribution >= 4 is 38.7 Å². The van der Waals surface area contributed by atoms with E-state index in [2.05, 4.69) is 9.82 Å². The normalized spacial score (nSPS) is 11.4. The van der Waals surface area contributed by atoms with Gasteiger partial charge in [0.05, 0.1) is 22.7 Å². The predicted molar refractivity (Wildman–Crippen MR) is 97.7 cm³/mol. The van der Waals surface area contributed by atoms with Crippen LogP contribution in [0.2, 0.25) is 0 Å². The van der Waals surface area contributed by atoms with E-state index in [1.54, 1.807) is 36.4 Å². The lowest BCUT2D eigenvalue weighted by atomic mass is 10.2. The van der Waals surface area contributed by atoms with Gasteiger partial charge in [-0.15, -0.1) is 0 Å². The molecule has 0 spiro atoms.